The van der Waals surface area contributed by atoms with E-state index in [0.29, 0.717) is 21.3 Å². The number of esters is 2. The average Bonchev–Trinajstić information content (AvgIpc) is 2.86. The summed E-state index contributed by atoms with van der Waals surface area (Å²) in [5.41, 5.74) is 6.29. The molecular weight excluding hydrogens is 412 g/mol. The van der Waals surface area contributed by atoms with Crippen LogP contribution in [0.4, 0.5) is 11.4 Å². The number of ether oxygens (including phenoxy) is 2. The van der Waals surface area contributed by atoms with Crippen LogP contribution in [0, 0.1) is 0 Å². The molecule has 0 spiro atoms. The van der Waals surface area contributed by atoms with Gasteiger partial charge in [-0.15, -0.1) is 11.3 Å². The van der Waals surface area contributed by atoms with E-state index in [1.54, 1.807) is 53.7 Å². The van der Waals surface area contributed by atoms with Gasteiger partial charge in [0.05, 0.1) is 15.6 Å². The van der Waals surface area contributed by atoms with Crippen LogP contribution >= 0.6 is 22.9 Å². The molecule has 29 heavy (non-hydrogen) atoms. The molecule has 0 amide bonds. The fourth-order valence-corrected chi connectivity index (χ4v) is 3.92. The van der Waals surface area contributed by atoms with E-state index in [1.165, 1.54) is 11.3 Å². The van der Waals surface area contributed by atoms with Gasteiger partial charge in [0.1, 0.15) is 22.6 Å². The van der Waals surface area contributed by atoms with Crippen molar-refractivity contribution in [1.82, 2.24) is 0 Å². The van der Waals surface area contributed by atoms with E-state index < -0.39 is 23.1 Å². The van der Waals surface area contributed by atoms with Gasteiger partial charge in [0.2, 0.25) is 0 Å². The number of nitrogen functional groups attached to an aromatic ring is 1. The molecule has 0 aliphatic carbocycles. The van der Waals surface area contributed by atoms with Gasteiger partial charge < -0.3 is 20.5 Å². The Hall–Kier alpha value is -2.25. The Labute approximate surface area is 180 Å². The predicted octanol–water partition coefficient (Wildman–Crippen LogP) is 5.36. The molecule has 0 fully saturated rings. The number of hydrogen-bond donors (Lipinski definition) is 2. The second-order valence-electron chi connectivity index (χ2n) is 8.52. The second-order valence-corrected chi connectivity index (χ2v) is 9.92. The minimum absolute atomic E-state index is 0.139. The minimum atomic E-state index is -0.673. The van der Waals surface area contributed by atoms with Crippen LogP contribution < -0.4 is 11.1 Å². The van der Waals surface area contributed by atoms with Crippen LogP contribution in [0.3, 0.4) is 0 Å². The van der Waals surface area contributed by atoms with Crippen LogP contribution in [-0.4, -0.2) is 29.7 Å². The summed E-state index contributed by atoms with van der Waals surface area (Å²) in [5, 5.41) is 3.27. The number of carbonyl (C=O) groups is 2. The number of benzene rings is 1. The van der Waals surface area contributed by atoms with E-state index in [9.17, 15) is 9.59 Å². The third-order valence-corrected chi connectivity index (χ3v) is 5.12. The first-order valence-electron chi connectivity index (χ1n) is 9.14. The van der Waals surface area contributed by atoms with E-state index in [2.05, 4.69) is 5.32 Å². The third kappa shape index (κ3) is 6.65. The predicted molar refractivity (Wildman–Crippen MR) is 119 cm³/mol. The number of rotatable bonds is 5. The van der Waals surface area contributed by atoms with Crippen molar-refractivity contribution in [3.8, 4) is 10.4 Å². The number of hydrogen-bond acceptors (Lipinski definition) is 7. The molecule has 1 aromatic carbocycles. The summed E-state index contributed by atoms with van der Waals surface area (Å²) < 4.78 is 10.8. The summed E-state index contributed by atoms with van der Waals surface area (Å²) in [4.78, 5) is 25.8. The monoisotopic (exact) mass is 438 g/mol. The Kier molecular flexibility index (Phi) is 6.86. The molecule has 3 N–H and O–H groups in total. The standard InChI is InChI=1S/C21H27ClN2O4S/c1-20(2,3)27-14(25)11-24-16-15(22)17(12-8-7-9-13(23)10-12)29-18(16)19(26)28-21(4,5)6/h7-10,24H,11,23H2,1-6H3. The molecule has 0 saturated heterocycles. The molecule has 0 saturated carbocycles. The van der Waals surface area contributed by atoms with Gasteiger partial charge in [-0.25, -0.2) is 4.79 Å². The van der Waals surface area contributed by atoms with Gasteiger partial charge in [-0.1, -0.05) is 23.7 Å². The molecule has 0 atom stereocenters. The van der Waals surface area contributed by atoms with Crippen molar-refractivity contribution in [2.24, 2.45) is 0 Å². The van der Waals surface area contributed by atoms with Gasteiger partial charge in [-0.05, 0) is 59.2 Å². The zero-order valence-corrected chi connectivity index (χ0v) is 19.1. The zero-order valence-electron chi connectivity index (χ0n) is 17.5. The van der Waals surface area contributed by atoms with Crippen molar-refractivity contribution < 1.29 is 19.1 Å². The first-order valence-corrected chi connectivity index (χ1v) is 10.3. The molecule has 0 aliphatic rings. The summed E-state index contributed by atoms with van der Waals surface area (Å²) in [5.74, 6) is -0.980. The Morgan fingerprint density at radius 2 is 1.72 bits per heavy atom. The number of thiophene rings is 1. The van der Waals surface area contributed by atoms with E-state index in [1.807, 2.05) is 12.1 Å². The van der Waals surface area contributed by atoms with Crippen molar-refractivity contribution in [3.63, 3.8) is 0 Å². The Morgan fingerprint density at radius 3 is 2.28 bits per heavy atom. The summed E-state index contributed by atoms with van der Waals surface area (Å²) in [6.07, 6.45) is 0. The van der Waals surface area contributed by atoms with Gasteiger partial charge in [-0.3, -0.25) is 4.79 Å². The fourth-order valence-electron chi connectivity index (χ4n) is 2.44. The highest BCUT2D eigenvalue weighted by molar-refractivity contribution is 7.18. The highest BCUT2D eigenvalue weighted by Crippen LogP contribution is 2.44. The molecule has 1 heterocycles. The maximum atomic E-state index is 12.8. The Balaban J connectivity index is 2.41. The van der Waals surface area contributed by atoms with Crippen LogP contribution in [0.1, 0.15) is 51.2 Å². The quantitative estimate of drug-likeness (QED) is 0.482. The molecule has 6 nitrogen and oxygen atoms in total. The summed E-state index contributed by atoms with van der Waals surface area (Å²) in [6.45, 7) is 10.6. The summed E-state index contributed by atoms with van der Waals surface area (Å²) in [7, 11) is 0. The first-order chi connectivity index (χ1) is 13.3. The normalized spacial score (nSPS) is 11.8. The largest absolute Gasteiger partial charge is 0.459 e. The topological polar surface area (TPSA) is 90.6 Å². The van der Waals surface area contributed by atoms with Crippen LogP contribution in [-0.2, 0) is 14.3 Å². The lowest BCUT2D eigenvalue weighted by Gasteiger charge is -2.21. The van der Waals surface area contributed by atoms with Crippen molar-refractivity contribution >= 4 is 46.3 Å². The maximum Gasteiger partial charge on any atom is 0.351 e. The SMILES string of the molecule is CC(C)(C)OC(=O)CNc1c(C(=O)OC(C)(C)C)sc(-c2cccc(N)c2)c1Cl. The van der Waals surface area contributed by atoms with Gasteiger partial charge in [0, 0.05) is 5.69 Å². The number of carbonyl (C=O) groups excluding carboxylic acids is 2. The molecule has 0 unspecified atom stereocenters. The fraction of sp³-hybridized carbons (Fsp3) is 0.429. The highest BCUT2D eigenvalue weighted by Gasteiger charge is 2.28. The molecule has 2 aromatic rings. The van der Waals surface area contributed by atoms with Gasteiger partial charge in [-0.2, -0.15) is 0 Å². The van der Waals surface area contributed by atoms with Crippen molar-refractivity contribution in [3.05, 3.63) is 34.2 Å². The Bertz CT molecular complexity index is 910. The van der Waals surface area contributed by atoms with Crippen LogP contribution in [0.5, 0.6) is 0 Å². The lowest BCUT2D eigenvalue weighted by atomic mass is 10.1. The minimum Gasteiger partial charge on any atom is -0.459 e. The number of anilines is 2. The molecule has 0 bridgehead atoms. The summed E-state index contributed by atoms with van der Waals surface area (Å²) >= 11 is 7.78. The van der Waals surface area contributed by atoms with Gasteiger partial charge >= 0.3 is 11.9 Å². The van der Waals surface area contributed by atoms with E-state index in [4.69, 9.17) is 26.8 Å². The first kappa shape index (κ1) is 23.0. The lowest BCUT2D eigenvalue weighted by molar-refractivity contribution is -0.152. The van der Waals surface area contributed by atoms with E-state index in [-0.39, 0.29) is 11.4 Å². The summed E-state index contributed by atoms with van der Waals surface area (Å²) in [6, 6.07) is 7.20. The molecule has 1 aromatic heterocycles. The highest BCUT2D eigenvalue weighted by atomic mass is 35.5. The molecule has 0 radical (unpaired) electrons. The average molecular weight is 439 g/mol. The van der Waals surface area contributed by atoms with Gasteiger partial charge in [0.25, 0.3) is 0 Å². The van der Waals surface area contributed by atoms with Crippen molar-refractivity contribution in [2.75, 3.05) is 17.6 Å². The zero-order chi connectivity index (χ0) is 22.0. The van der Waals surface area contributed by atoms with Crippen molar-refractivity contribution in [2.45, 2.75) is 52.7 Å². The molecule has 2 rings (SSSR count). The lowest BCUT2D eigenvalue weighted by Crippen LogP contribution is -2.28. The molecule has 158 valence electrons. The molecule has 8 heteroatoms. The smallest absolute Gasteiger partial charge is 0.351 e. The number of halogens is 1. The molecule has 0 aliphatic heterocycles. The van der Waals surface area contributed by atoms with Gasteiger partial charge in [0.15, 0.2) is 0 Å². The number of nitrogens with two attached hydrogens (primary N) is 1. The van der Waals surface area contributed by atoms with Crippen LogP contribution in [0.25, 0.3) is 10.4 Å². The number of nitrogens with one attached hydrogen (secondary N) is 1. The van der Waals surface area contributed by atoms with E-state index >= 15 is 0 Å². The van der Waals surface area contributed by atoms with E-state index in [0.717, 1.165) is 5.56 Å². The van der Waals surface area contributed by atoms with Crippen LogP contribution in [0.2, 0.25) is 5.02 Å². The van der Waals surface area contributed by atoms with Crippen molar-refractivity contribution in [1.29, 1.82) is 0 Å². The maximum absolute atomic E-state index is 12.8. The Morgan fingerprint density at radius 1 is 1.10 bits per heavy atom. The second kappa shape index (κ2) is 8.63. The third-order valence-electron chi connectivity index (χ3n) is 3.41. The molecular formula is C21H27ClN2O4S. The van der Waals surface area contributed by atoms with Crippen LogP contribution in [0.15, 0.2) is 24.3 Å².